The Kier molecular flexibility index (Phi) is 3.58. The summed E-state index contributed by atoms with van der Waals surface area (Å²) in [6, 6.07) is 2.74. The summed E-state index contributed by atoms with van der Waals surface area (Å²) in [6.07, 6.45) is 1.59. The van der Waals surface area contributed by atoms with Crippen molar-refractivity contribution >= 4 is 5.91 Å². The number of nitrogens with two attached hydrogens (primary N) is 1. The molecule has 0 aromatic heterocycles. The van der Waals surface area contributed by atoms with Gasteiger partial charge in [-0.05, 0) is 44.9 Å². The number of amides is 1. The SMILES string of the molecule is CC1(C)C(N)CCCN1C(=O)c1cc(F)ccc1F. The van der Waals surface area contributed by atoms with Crippen molar-refractivity contribution in [1.82, 2.24) is 4.90 Å². The highest BCUT2D eigenvalue weighted by Gasteiger charge is 2.40. The average molecular weight is 268 g/mol. The van der Waals surface area contributed by atoms with Gasteiger partial charge in [0.05, 0.1) is 11.1 Å². The van der Waals surface area contributed by atoms with Crippen LogP contribution in [0.3, 0.4) is 0 Å². The summed E-state index contributed by atoms with van der Waals surface area (Å²) in [5.74, 6) is -1.83. The zero-order valence-electron chi connectivity index (χ0n) is 11.1. The summed E-state index contributed by atoms with van der Waals surface area (Å²) in [5, 5.41) is 0. The molecule has 5 heteroatoms. The van der Waals surface area contributed by atoms with Crippen LogP contribution in [0.1, 0.15) is 37.0 Å². The van der Waals surface area contributed by atoms with Gasteiger partial charge in [0.2, 0.25) is 0 Å². The van der Waals surface area contributed by atoms with Gasteiger partial charge in [-0.1, -0.05) is 0 Å². The van der Waals surface area contributed by atoms with Crippen LogP contribution in [0, 0.1) is 11.6 Å². The van der Waals surface area contributed by atoms with E-state index >= 15 is 0 Å². The number of nitrogens with zero attached hydrogens (tertiary/aromatic N) is 1. The van der Waals surface area contributed by atoms with Gasteiger partial charge in [-0.3, -0.25) is 4.79 Å². The molecule has 1 atom stereocenters. The van der Waals surface area contributed by atoms with Gasteiger partial charge in [0.1, 0.15) is 11.6 Å². The van der Waals surface area contributed by atoms with E-state index in [-0.39, 0.29) is 11.6 Å². The number of rotatable bonds is 1. The second-order valence-corrected chi connectivity index (χ2v) is 5.48. The Bertz CT molecular complexity index is 502. The highest BCUT2D eigenvalue weighted by atomic mass is 19.1. The molecule has 1 unspecified atom stereocenters. The fourth-order valence-corrected chi connectivity index (χ4v) is 2.48. The third-order valence-corrected chi connectivity index (χ3v) is 3.90. The fraction of sp³-hybridized carbons (Fsp3) is 0.500. The lowest BCUT2D eigenvalue weighted by atomic mass is 9.85. The zero-order valence-corrected chi connectivity index (χ0v) is 11.1. The van der Waals surface area contributed by atoms with Gasteiger partial charge in [0.25, 0.3) is 5.91 Å². The highest BCUT2D eigenvalue weighted by molar-refractivity contribution is 5.95. The number of carbonyl (C=O) groups is 1. The minimum Gasteiger partial charge on any atom is -0.332 e. The molecule has 0 saturated carbocycles. The van der Waals surface area contributed by atoms with Crippen molar-refractivity contribution in [2.45, 2.75) is 38.3 Å². The molecular weight excluding hydrogens is 250 g/mol. The number of halogens is 2. The highest BCUT2D eigenvalue weighted by Crippen LogP contribution is 2.28. The van der Waals surface area contributed by atoms with Crippen molar-refractivity contribution in [2.75, 3.05) is 6.54 Å². The molecule has 1 aliphatic heterocycles. The quantitative estimate of drug-likeness (QED) is 0.849. The summed E-state index contributed by atoms with van der Waals surface area (Å²) in [6.45, 7) is 4.22. The Morgan fingerprint density at radius 2 is 2.11 bits per heavy atom. The van der Waals surface area contributed by atoms with Gasteiger partial charge in [0.15, 0.2) is 0 Å². The maximum absolute atomic E-state index is 13.7. The molecular formula is C14H18F2N2O. The van der Waals surface area contributed by atoms with Crippen LogP contribution in [-0.4, -0.2) is 28.9 Å². The first-order valence-corrected chi connectivity index (χ1v) is 6.36. The number of hydrogen-bond donors (Lipinski definition) is 1. The molecule has 0 aliphatic carbocycles. The minimum absolute atomic E-state index is 0.165. The lowest BCUT2D eigenvalue weighted by Crippen LogP contribution is -2.61. The van der Waals surface area contributed by atoms with E-state index in [9.17, 15) is 13.6 Å². The summed E-state index contributed by atoms with van der Waals surface area (Å²) in [7, 11) is 0. The van der Waals surface area contributed by atoms with Gasteiger partial charge >= 0.3 is 0 Å². The number of piperidine rings is 1. The van der Waals surface area contributed by atoms with E-state index in [4.69, 9.17) is 5.73 Å². The standard InChI is InChI=1S/C14H18F2N2O/c1-14(2)12(17)4-3-7-18(14)13(19)10-8-9(15)5-6-11(10)16/h5-6,8,12H,3-4,7,17H2,1-2H3. The molecule has 3 nitrogen and oxygen atoms in total. The Labute approximate surface area is 111 Å². The molecule has 0 bridgehead atoms. The van der Waals surface area contributed by atoms with Crippen LogP contribution in [0.2, 0.25) is 0 Å². The molecule has 1 aromatic carbocycles. The molecule has 19 heavy (non-hydrogen) atoms. The molecule has 0 spiro atoms. The minimum atomic E-state index is -0.707. The summed E-state index contributed by atoms with van der Waals surface area (Å²) in [5.41, 5.74) is 5.23. The van der Waals surface area contributed by atoms with Gasteiger partial charge in [-0.15, -0.1) is 0 Å². The Morgan fingerprint density at radius 3 is 2.79 bits per heavy atom. The van der Waals surface area contributed by atoms with Gasteiger partial charge in [-0.2, -0.15) is 0 Å². The predicted octanol–water partition coefficient (Wildman–Crippen LogP) is 2.31. The monoisotopic (exact) mass is 268 g/mol. The van der Waals surface area contributed by atoms with Crippen molar-refractivity contribution in [2.24, 2.45) is 5.73 Å². The van der Waals surface area contributed by atoms with E-state index in [1.54, 1.807) is 4.90 Å². The van der Waals surface area contributed by atoms with Gasteiger partial charge in [-0.25, -0.2) is 8.78 Å². The summed E-state index contributed by atoms with van der Waals surface area (Å²) < 4.78 is 26.9. The van der Waals surface area contributed by atoms with E-state index in [0.717, 1.165) is 31.0 Å². The molecule has 1 heterocycles. The van der Waals surface area contributed by atoms with Crippen LogP contribution in [0.4, 0.5) is 8.78 Å². The Balaban J connectivity index is 2.35. The lowest BCUT2D eigenvalue weighted by molar-refractivity contribution is 0.0357. The van der Waals surface area contributed by atoms with E-state index in [2.05, 4.69) is 0 Å². The van der Waals surface area contributed by atoms with Crippen LogP contribution < -0.4 is 5.73 Å². The van der Waals surface area contributed by atoms with Crippen molar-refractivity contribution in [3.05, 3.63) is 35.4 Å². The number of carbonyl (C=O) groups excluding carboxylic acids is 1. The number of benzene rings is 1. The second kappa shape index (κ2) is 4.89. The van der Waals surface area contributed by atoms with E-state index in [0.29, 0.717) is 6.54 Å². The van der Waals surface area contributed by atoms with Gasteiger partial charge in [0, 0.05) is 12.6 Å². The van der Waals surface area contributed by atoms with Crippen molar-refractivity contribution in [1.29, 1.82) is 0 Å². The second-order valence-electron chi connectivity index (χ2n) is 5.48. The zero-order chi connectivity index (χ0) is 14.2. The molecule has 2 N–H and O–H groups in total. The first kappa shape index (κ1) is 13.9. The van der Waals surface area contributed by atoms with Crippen LogP contribution in [0.25, 0.3) is 0 Å². The largest absolute Gasteiger partial charge is 0.332 e. The average Bonchev–Trinajstić information content (AvgIpc) is 2.35. The third-order valence-electron chi connectivity index (χ3n) is 3.90. The molecule has 104 valence electrons. The lowest BCUT2D eigenvalue weighted by Gasteiger charge is -2.46. The number of hydrogen-bond acceptors (Lipinski definition) is 2. The van der Waals surface area contributed by atoms with E-state index in [1.165, 1.54) is 0 Å². The summed E-state index contributed by atoms with van der Waals surface area (Å²) in [4.78, 5) is 13.9. The van der Waals surface area contributed by atoms with Crippen molar-refractivity contribution < 1.29 is 13.6 Å². The van der Waals surface area contributed by atoms with Crippen molar-refractivity contribution in [3.8, 4) is 0 Å². The van der Waals surface area contributed by atoms with E-state index < -0.39 is 23.1 Å². The molecule has 1 amide bonds. The first-order valence-electron chi connectivity index (χ1n) is 6.36. The Hall–Kier alpha value is -1.49. The van der Waals surface area contributed by atoms with Crippen molar-refractivity contribution in [3.63, 3.8) is 0 Å². The van der Waals surface area contributed by atoms with Crippen LogP contribution in [-0.2, 0) is 0 Å². The smallest absolute Gasteiger partial charge is 0.257 e. The third kappa shape index (κ3) is 2.47. The maximum atomic E-state index is 13.7. The summed E-state index contributed by atoms with van der Waals surface area (Å²) >= 11 is 0. The van der Waals surface area contributed by atoms with Crippen LogP contribution in [0.5, 0.6) is 0 Å². The molecule has 1 fully saturated rings. The molecule has 0 radical (unpaired) electrons. The molecule has 2 rings (SSSR count). The maximum Gasteiger partial charge on any atom is 0.257 e. The molecule has 1 aromatic rings. The predicted molar refractivity (Wildman–Crippen MR) is 68.7 cm³/mol. The van der Waals surface area contributed by atoms with Crippen LogP contribution >= 0.6 is 0 Å². The van der Waals surface area contributed by atoms with Gasteiger partial charge < -0.3 is 10.6 Å². The normalized spacial score (nSPS) is 22.4. The Morgan fingerprint density at radius 1 is 1.42 bits per heavy atom. The topological polar surface area (TPSA) is 46.3 Å². The number of likely N-dealkylation sites (tertiary alicyclic amines) is 1. The molecule has 1 aliphatic rings. The van der Waals surface area contributed by atoms with E-state index in [1.807, 2.05) is 13.8 Å². The fourth-order valence-electron chi connectivity index (χ4n) is 2.48. The first-order chi connectivity index (χ1) is 8.84. The molecule has 1 saturated heterocycles. The van der Waals surface area contributed by atoms with Crippen LogP contribution in [0.15, 0.2) is 18.2 Å².